The topological polar surface area (TPSA) is 55.1 Å². The third kappa shape index (κ3) is 1.87. The van der Waals surface area contributed by atoms with Gasteiger partial charge in [0.05, 0.1) is 0 Å². The molecular formula is C15H13N5S. The van der Waals surface area contributed by atoms with Gasteiger partial charge >= 0.3 is 0 Å². The number of fused-ring (bicyclic) bond motifs is 3. The summed E-state index contributed by atoms with van der Waals surface area (Å²) in [6.07, 6.45) is 0. The zero-order valence-electron chi connectivity index (χ0n) is 11.7. The standard InChI is InChI=1S/C15H13N5S/c1-9-8-12-13(11-6-4-3-5-7-11)17-19-15-18-16-10(2)20(15)14(12)21-9/h3-8H,1-2H3,(H,18,19). The van der Waals surface area contributed by atoms with Crippen LogP contribution in [0.4, 0.5) is 5.95 Å². The molecule has 1 aliphatic rings. The lowest BCUT2D eigenvalue weighted by Gasteiger charge is -2.05. The maximum Gasteiger partial charge on any atom is 0.250 e. The highest BCUT2D eigenvalue weighted by Crippen LogP contribution is 2.33. The van der Waals surface area contributed by atoms with Gasteiger partial charge in [0.1, 0.15) is 16.5 Å². The molecule has 4 rings (SSSR count). The highest BCUT2D eigenvalue weighted by atomic mass is 32.1. The number of hydrogen-bond donors (Lipinski definition) is 1. The highest BCUT2D eigenvalue weighted by Gasteiger charge is 2.23. The largest absolute Gasteiger partial charge is 0.254 e. The molecule has 0 saturated heterocycles. The second-order valence-corrected chi connectivity index (χ2v) is 6.16. The maximum atomic E-state index is 4.55. The minimum Gasteiger partial charge on any atom is -0.254 e. The molecule has 0 spiro atoms. The van der Waals surface area contributed by atoms with E-state index in [0.717, 1.165) is 27.7 Å². The first-order valence-corrected chi connectivity index (χ1v) is 7.48. The normalized spacial score (nSPS) is 13.0. The van der Waals surface area contributed by atoms with Crippen LogP contribution >= 0.6 is 11.3 Å². The summed E-state index contributed by atoms with van der Waals surface area (Å²) in [4.78, 5) is 1.24. The van der Waals surface area contributed by atoms with E-state index in [1.165, 1.54) is 4.88 Å². The smallest absolute Gasteiger partial charge is 0.250 e. The first kappa shape index (κ1) is 12.3. The van der Waals surface area contributed by atoms with Gasteiger partial charge in [-0.1, -0.05) is 30.3 Å². The average Bonchev–Trinajstić information content (AvgIpc) is 3.00. The summed E-state index contributed by atoms with van der Waals surface area (Å²) >= 11 is 1.73. The van der Waals surface area contributed by atoms with Gasteiger partial charge < -0.3 is 0 Å². The lowest BCUT2D eigenvalue weighted by atomic mass is 10.0. The van der Waals surface area contributed by atoms with Crippen LogP contribution in [0.15, 0.2) is 41.5 Å². The van der Waals surface area contributed by atoms with Gasteiger partial charge in [0.25, 0.3) is 0 Å². The monoisotopic (exact) mass is 295 g/mol. The Morgan fingerprint density at radius 3 is 2.71 bits per heavy atom. The highest BCUT2D eigenvalue weighted by molar-refractivity contribution is 7.15. The maximum absolute atomic E-state index is 4.55. The van der Waals surface area contributed by atoms with Crippen molar-refractivity contribution in [3.8, 4) is 5.00 Å². The lowest BCUT2D eigenvalue weighted by Crippen LogP contribution is -2.05. The van der Waals surface area contributed by atoms with Gasteiger partial charge in [0.2, 0.25) is 5.95 Å². The number of hydrogen-bond acceptors (Lipinski definition) is 5. The van der Waals surface area contributed by atoms with Crippen molar-refractivity contribution in [3.05, 3.63) is 58.2 Å². The molecular weight excluding hydrogens is 282 g/mol. The van der Waals surface area contributed by atoms with Crippen molar-refractivity contribution >= 4 is 23.0 Å². The Kier molecular flexibility index (Phi) is 2.65. The molecule has 0 saturated carbocycles. The van der Waals surface area contributed by atoms with E-state index >= 15 is 0 Å². The van der Waals surface area contributed by atoms with Crippen molar-refractivity contribution in [2.45, 2.75) is 13.8 Å². The molecule has 104 valence electrons. The molecule has 3 heterocycles. The van der Waals surface area contributed by atoms with Gasteiger partial charge in [-0.25, -0.2) is 5.43 Å². The zero-order valence-corrected chi connectivity index (χ0v) is 12.5. The van der Waals surface area contributed by atoms with E-state index in [4.69, 9.17) is 0 Å². The first-order chi connectivity index (χ1) is 10.2. The van der Waals surface area contributed by atoms with Crippen LogP contribution in [-0.4, -0.2) is 20.5 Å². The molecule has 6 heteroatoms. The molecule has 0 bridgehead atoms. The van der Waals surface area contributed by atoms with Crippen molar-refractivity contribution in [3.63, 3.8) is 0 Å². The Hall–Kier alpha value is -2.47. The van der Waals surface area contributed by atoms with Crippen LogP contribution in [0, 0.1) is 13.8 Å². The van der Waals surface area contributed by atoms with Gasteiger partial charge in [-0.15, -0.1) is 21.5 Å². The number of aryl methyl sites for hydroxylation is 2. The number of thiophene rings is 1. The predicted octanol–water partition coefficient (Wildman–Crippen LogP) is 3.12. The van der Waals surface area contributed by atoms with Crippen LogP contribution in [0.3, 0.4) is 0 Å². The number of aromatic nitrogens is 3. The summed E-state index contributed by atoms with van der Waals surface area (Å²) in [7, 11) is 0. The van der Waals surface area contributed by atoms with Gasteiger partial charge in [-0.3, -0.25) is 4.57 Å². The van der Waals surface area contributed by atoms with E-state index in [-0.39, 0.29) is 0 Å². The van der Waals surface area contributed by atoms with Crippen LogP contribution in [0.25, 0.3) is 5.00 Å². The Morgan fingerprint density at radius 2 is 1.90 bits per heavy atom. The number of anilines is 1. The third-order valence-corrected chi connectivity index (χ3v) is 4.47. The molecule has 1 N–H and O–H groups in total. The lowest BCUT2D eigenvalue weighted by molar-refractivity contribution is 0.984. The van der Waals surface area contributed by atoms with Crippen molar-refractivity contribution in [1.29, 1.82) is 0 Å². The minimum absolute atomic E-state index is 0.654. The average molecular weight is 295 g/mol. The summed E-state index contributed by atoms with van der Waals surface area (Å²) in [5.74, 6) is 1.51. The Bertz CT molecular complexity index is 844. The quantitative estimate of drug-likeness (QED) is 0.750. The summed E-state index contributed by atoms with van der Waals surface area (Å²) in [5, 5.41) is 13.9. The van der Waals surface area contributed by atoms with E-state index in [0.29, 0.717) is 5.95 Å². The molecule has 0 amide bonds. The van der Waals surface area contributed by atoms with E-state index in [1.54, 1.807) is 11.3 Å². The van der Waals surface area contributed by atoms with Crippen molar-refractivity contribution in [2.75, 3.05) is 5.43 Å². The number of benzene rings is 1. The van der Waals surface area contributed by atoms with Crippen molar-refractivity contribution in [1.82, 2.24) is 14.8 Å². The van der Waals surface area contributed by atoms with Crippen molar-refractivity contribution in [2.24, 2.45) is 5.10 Å². The molecule has 0 unspecified atom stereocenters. The molecule has 0 atom stereocenters. The van der Waals surface area contributed by atoms with Gasteiger partial charge in [0.15, 0.2) is 0 Å². The van der Waals surface area contributed by atoms with E-state index in [9.17, 15) is 0 Å². The molecule has 1 aromatic carbocycles. The van der Waals surface area contributed by atoms with Crippen LogP contribution in [-0.2, 0) is 0 Å². The fraction of sp³-hybridized carbons (Fsp3) is 0.133. The number of hydrazone groups is 1. The molecule has 2 aromatic heterocycles. The Morgan fingerprint density at radius 1 is 1.10 bits per heavy atom. The molecule has 21 heavy (non-hydrogen) atoms. The molecule has 1 aliphatic heterocycles. The summed E-state index contributed by atoms with van der Waals surface area (Å²) in [5.41, 5.74) is 6.15. The summed E-state index contributed by atoms with van der Waals surface area (Å²) in [6.45, 7) is 4.05. The van der Waals surface area contributed by atoms with Crippen LogP contribution < -0.4 is 5.43 Å². The second kappa shape index (κ2) is 4.53. The van der Waals surface area contributed by atoms with Crippen LogP contribution in [0.2, 0.25) is 0 Å². The number of nitrogens with zero attached hydrogens (tertiary/aromatic N) is 4. The molecule has 0 aliphatic carbocycles. The van der Waals surface area contributed by atoms with E-state index in [1.807, 2.05) is 29.7 Å². The third-order valence-electron chi connectivity index (χ3n) is 3.43. The molecule has 5 nitrogen and oxygen atoms in total. The Labute approximate surface area is 126 Å². The SMILES string of the molecule is Cc1cc2c(s1)-n1c(C)nnc1NN=C2c1ccccc1. The zero-order chi connectivity index (χ0) is 14.4. The van der Waals surface area contributed by atoms with E-state index < -0.39 is 0 Å². The molecule has 0 radical (unpaired) electrons. The summed E-state index contributed by atoms with van der Waals surface area (Å²) < 4.78 is 2.02. The predicted molar refractivity (Wildman–Crippen MR) is 84.4 cm³/mol. The van der Waals surface area contributed by atoms with Gasteiger partial charge in [-0.2, -0.15) is 5.10 Å². The van der Waals surface area contributed by atoms with Crippen LogP contribution in [0.1, 0.15) is 21.8 Å². The Balaban J connectivity index is 1.99. The molecule has 3 aromatic rings. The fourth-order valence-electron chi connectivity index (χ4n) is 2.50. The second-order valence-electron chi connectivity index (χ2n) is 4.92. The van der Waals surface area contributed by atoms with Crippen LogP contribution in [0.5, 0.6) is 0 Å². The van der Waals surface area contributed by atoms with E-state index in [2.05, 4.69) is 45.8 Å². The number of nitrogens with one attached hydrogen (secondary N) is 1. The van der Waals surface area contributed by atoms with Gasteiger partial charge in [0, 0.05) is 16.0 Å². The minimum atomic E-state index is 0.654. The molecule has 0 fully saturated rings. The van der Waals surface area contributed by atoms with Gasteiger partial charge in [-0.05, 0) is 19.9 Å². The number of rotatable bonds is 1. The fourth-order valence-corrected chi connectivity index (χ4v) is 3.55. The summed E-state index contributed by atoms with van der Waals surface area (Å²) in [6, 6.07) is 12.3. The van der Waals surface area contributed by atoms with Crippen molar-refractivity contribution < 1.29 is 0 Å². The first-order valence-electron chi connectivity index (χ1n) is 6.66.